The molecular formula is C14H24N4O5. The van der Waals surface area contributed by atoms with Crippen molar-refractivity contribution in [2.45, 2.75) is 38.8 Å². The molecule has 5 N–H and O–H groups in total. The Labute approximate surface area is 134 Å². The molecule has 1 rings (SSSR count). The molecule has 1 aliphatic heterocycles. The third-order valence-corrected chi connectivity index (χ3v) is 3.50. The second kappa shape index (κ2) is 9.09. The van der Waals surface area contributed by atoms with Gasteiger partial charge in [-0.1, -0.05) is 13.8 Å². The standard InChI is InChI=1S/C14H24N4O5/c1-8(2)12(14(22)23)18-11(20)7-16-10(19)6-17-13(21)9-4-3-5-15-9/h8-9,12,15H,3-7H2,1-2H3,(H,16,19)(H,17,21)(H,18,20)(H,22,23)/t9-,12-/m0/s1. The van der Waals surface area contributed by atoms with Gasteiger partial charge in [0.15, 0.2) is 0 Å². The van der Waals surface area contributed by atoms with Crippen LogP contribution in [0.4, 0.5) is 0 Å². The van der Waals surface area contributed by atoms with Crippen molar-refractivity contribution in [1.29, 1.82) is 0 Å². The van der Waals surface area contributed by atoms with Crippen LogP contribution in [-0.2, 0) is 19.2 Å². The Morgan fingerprint density at radius 2 is 1.78 bits per heavy atom. The molecule has 130 valence electrons. The van der Waals surface area contributed by atoms with E-state index in [1.165, 1.54) is 0 Å². The summed E-state index contributed by atoms with van der Waals surface area (Å²) in [6, 6.07) is -1.28. The SMILES string of the molecule is CC(C)[C@H](NC(=O)CNC(=O)CNC(=O)[C@@H]1CCCN1)C(=O)O. The third kappa shape index (κ3) is 6.64. The lowest BCUT2D eigenvalue weighted by atomic mass is 10.1. The van der Waals surface area contributed by atoms with Gasteiger partial charge >= 0.3 is 5.97 Å². The van der Waals surface area contributed by atoms with Crippen LogP contribution < -0.4 is 21.3 Å². The normalized spacial score (nSPS) is 18.3. The largest absolute Gasteiger partial charge is 0.480 e. The van der Waals surface area contributed by atoms with Gasteiger partial charge in [0.05, 0.1) is 19.1 Å². The molecule has 0 aliphatic carbocycles. The monoisotopic (exact) mass is 328 g/mol. The van der Waals surface area contributed by atoms with Gasteiger partial charge in [-0.15, -0.1) is 0 Å². The summed E-state index contributed by atoms with van der Waals surface area (Å²) in [6.07, 6.45) is 1.66. The number of carboxylic acids is 1. The highest BCUT2D eigenvalue weighted by atomic mass is 16.4. The lowest BCUT2D eigenvalue weighted by molar-refractivity contribution is -0.143. The molecule has 23 heavy (non-hydrogen) atoms. The number of rotatable bonds is 8. The minimum absolute atomic E-state index is 0.225. The van der Waals surface area contributed by atoms with Gasteiger partial charge in [0.25, 0.3) is 0 Å². The number of nitrogens with one attached hydrogen (secondary N) is 4. The Hall–Kier alpha value is -2.16. The van der Waals surface area contributed by atoms with Crippen molar-refractivity contribution in [3.05, 3.63) is 0 Å². The topological polar surface area (TPSA) is 137 Å². The summed E-state index contributed by atoms with van der Waals surface area (Å²) in [6.45, 7) is 3.56. The van der Waals surface area contributed by atoms with Gasteiger partial charge in [-0.2, -0.15) is 0 Å². The molecule has 2 atom stereocenters. The summed E-state index contributed by atoms with van der Waals surface area (Å²) in [5.74, 6) is -2.75. The molecule has 0 bridgehead atoms. The highest BCUT2D eigenvalue weighted by Gasteiger charge is 2.24. The zero-order valence-corrected chi connectivity index (χ0v) is 13.3. The van der Waals surface area contributed by atoms with Crippen LogP contribution in [0, 0.1) is 5.92 Å². The summed E-state index contributed by atoms with van der Waals surface area (Å²) in [4.78, 5) is 45.9. The number of carboxylic acid groups (broad SMARTS) is 1. The van der Waals surface area contributed by atoms with E-state index in [1.54, 1.807) is 13.8 Å². The first-order valence-electron chi connectivity index (χ1n) is 7.61. The summed E-state index contributed by atoms with van der Waals surface area (Å²) < 4.78 is 0. The molecule has 0 saturated carbocycles. The fourth-order valence-electron chi connectivity index (χ4n) is 2.18. The summed E-state index contributed by atoms with van der Waals surface area (Å²) >= 11 is 0. The maximum absolute atomic E-state index is 11.7. The van der Waals surface area contributed by atoms with Gasteiger partial charge in [0.1, 0.15) is 6.04 Å². The molecule has 0 radical (unpaired) electrons. The van der Waals surface area contributed by atoms with E-state index in [0.717, 1.165) is 19.4 Å². The maximum Gasteiger partial charge on any atom is 0.326 e. The number of hydrogen-bond acceptors (Lipinski definition) is 5. The summed E-state index contributed by atoms with van der Waals surface area (Å²) in [5.41, 5.74) is 0. The molecule has 3 amide bonds. The minimum atomic E-state index is -1.13. The highest BCUT2D eigenvalue weighted by Crippen LogP contribution is 2.04. The maximum atomic E-state index is 11.7. The van der Waals surface area contributed by atoms with E-state index >= 15 is 0 Å². The lowest BCUT2D eigenvalue weighted by Gasteiger charge is -2.18. The van der Waals surface area contributed by atoms with Gasteiger partial charge in [-0.05, 0) is 25.3 Å². The fraction of sp³-hybridized carbons (Fsp3) is 0.714. The third-order valence-electron chi connectivity index (χ3n) is 3.50. The molecule has 0 aromatic heterocycles. The average Bonchev–Trinajstić information content (AvgIpc) is 3.01. The zero-order chi connectivity index (χ0) is 17.4. The van der Waals surface area contributed by atoms with Crippen LogP contribution in [-0.4, -0.2) is 60.5 Å². The van der Waals surface area contributed by atoms with Crippen LogP contribution in [0.25, 0.3) is 0 Å². The minimum Gasteiger partial charge on any atom is -0.480 e. The van der Waals surface area contributed by atoms with Crippen molar-refractivity contribution in [2.75, 3.05) is 19.6 Å². The van der Waals surface area contributed by atoms with E-state index in [4.69, 9.17) is 5.11 Å². The fourth-order valence-corrected chi connectivity index (χ4v) is 2.18. The van der Waals surface area contributed by atoms with Crippen LogP contribution in [0.1, 0.15) is 26.7 Å². The molecule has 1 heterocycles. The van der Waals surface area contributed by atoms with E-state index in [0.29, 0.717) is 0 Å². The van der Waals surface area contributed by atoms with Gasteiger partial charge < -0.3 is 26.4 Å². The molecule has 9 nitrogen and oxygen atoms in total. The second-order valence-corrected chi connectivity index (χ2v) is 5.77. The molecule has 1 fully saturated rings. The molecule has 0 unspecified atom stereocenters. The van der Waals surface area contributed by atoms with Crippen LogP contribution in [0.2, 0.25) is 0 Å². The molecule has 1 saturated heterocycles. The summed E-state index contributed by atoms with van der Waals surface area (Å²) in [5, 5.41) is 19.1. The van der Waals surface area contributed by atoms with Crippen molar-refractivity contribution < 1.29 is 24.3 Å². The van der Waals surface area contributed by atoms with Gasteiger partial charge in [-0.25, -0.2) is 4.79 Å². The Bertz CT molecular complexity index is 460. The van der Waals surface area contributed by atoms with Crippen molar-refractivity contribution in [2.24, 2.45) is 5.92 Å². The molecular weight excluding hydrogens is 304 g/mol. The second-order valence-electron chi connectivity index (χ2n) is 5.77. The van der Waals surface area contributed by atoms with Crippen LogP contribution >= 0.6 is 0 Å². The van der Waals surface area contributed by atoms with Crippen LogP contribution in [0.15, 0.2) is 0 Å². The predicted molar refractivity (Wildman–Crippen MR) is 81.4 cm³/mol. The molecule has 0 spiro atoms. The first-order chi connectivity index (χ1) is 10.8. The number of amides is 3. The van der Waals surface area contributed by atoms with E-state index in [2.05, 4.69) is 21.3 Å². The first-order valence-corrected chi connectivity index (χ1v) is 7.61. The highest BCUT2D eigenvalue weighted by molar-refractivity contribution is 5.90. The van der Waals surface area contributed by atoms with E-state index in [1.807, 2.05) is 0 Å². The predicted octanol–water partition coefficient (Wildman–Crippen LogP) is -1.80. The Morgan fingerprint density at radius 3 is 2.30 bits per heavy atom. The molecule has 0 aromatic carbocycles. The number of hydrogen-bond donors (Lipinski definition) is 5. The van der Waals surface area contributed by atoms with Gasteiger partial charge in [0, 0.05) is 0 Å². The summed E-state index contributed by atoms with van der Waals surface area (Å²) in [7, 11) is 0. The van der Waals surface area contributed by atoms with E-state index in [9.17, 15) is 19.2 Å². The Kier molecular flexibility index (Phi) is 7.46. The number of aliphatic carboxylic acids is 1. The number of carbonyl (C=O) groups excluding carboxylic acids is 3. The quantitative estimate of drug-likeness (QED) is 0.356. The van der Waals surface area contributed by atoms with Crippen LogP contribution in [0.3, 0.4) is 0 Å². The Morgan fingerprint density at radius 1 is 1.13 bits per heavy atom. The zero-order valence-electron chi connectivity index (χ0n) is 13.3. The molecule has 9 heteroatoms. The van der Waals surface area contributed by atoms with Crippen molar-refractivity contribution in [1.82, 2.24) is 21.3 Å². The van der Waals surface area contributed by atoms with Crippen molar-refractivity contribution in [3.8, 4) is 0 Å². The van der Waals surface area contributed by atoms with Gasteiger partial charge in [-0.3, -0.25) is 14.4 Å². The number of carbonyl (C=O) groups is 4. The average molecular weight is 328 g/mol. The molecule has 0 aromatic rings. The lowest BCUT2D eigenvalue weighted by Crippen LogP contribution is -2.49. The molecule has 1 aliphatic rings. The van der Waals surface area contributed by atoms with Gasteiger partial charge in [0.2, 0.25) is 17.7 Å². The Balaban J connectivity index is 2.25. The van der Waals surface area contributed by atoms with E-state index in [-0.39, 0.29) is 31.0 Å². The first kappa shape index (κ1) is 18.9. The van der Waals surface area contributed by atoms with Crippen LogP contribution in [0.5, 0.6) is 0 Å². The van der Waals surface area contributed by atoms with Crippen molar-refractivity contribution >= 4 is 23.7 Å². The van der Waals surface area contributed by atoms with E-state index < -0.39 is 23.8 Å². The smallest absolute Gasteiger partial charge is 0.326 e. The van der Waals surface area contributed by atoms with Crippen molar-refractivity contribution in [3.63, 3.8) is 0 Å².